The number of rotatable bonds is 4. The number of amides is 1. The third-order valence-electron chi connectivity index (χ3n) is 4.25. The topological polar surface area (TPSA) is 67.6 Å². The number of morpholine rings is 1. The van der Waals surface area contributed by atoms with Gasteiger partial charge in [0.25, 0.3) is 5.91 Å². The maximum atomic E-state index is 12.6. The Balaban J connectivity index is 1.46. The summed E-state index contributed by atoms with van der Waals surface area (Å²) in [5.74, 6) is 0.461. The van der Waals surface area contributed by atoms with E-state index in [0.29, 0.717) is 16.5 Å². The van der Waals surface area contributed by atoms with Crippen LogP contribution in [0.5, 0.6) is 0 Å². The number of aromatic nitrogens is 1. The Bertz CT molecular complexity index is 881. The van der Waals surface area contributed by atoms with Gasteiger partial charge in [-0.25, -0.2) is 4.98 Å². The molecular weight excluding hydrogens is 350 g/mol. The lowest BCUT2D eigenvalue weighted by Gasteiger charge is -2.28. The SMILES string of the molecule is Cc1sc(-c2ccco2)nc1C(=O)Nc1ccc(N2CCOCC2)cc1. The van der Waals surface area contributed by atoms with E-state index in [-0.39, 0.29) is 5.91 Å². The first-order valence-corrected chi connectivity index (χ1v) is 9.28. The first kappa shape index (κ1) is 16.8. The van der Waals surface area contributed by atoms with Crippen LogP contribution in [-0.4, -0.2) is 37.2 Å². The second kappa shape index (κ2) is 7.31. The molecule has 1 aliphatic heterocycles. The minimum absolute atomic E-state index is 0.212. The Hall–Kier alpha value is -2.64. The smallest absolute Gasteiger partial charge is 0.275 e. The number of ether oxygens (including phenoxy) is 1. The molecule has 1 saturated heterocycles. The second-order valence-electron chi connectivity index (χ2n) is 6.00. The van der Waals surface area contributed by atoms with Crippen LogP contribution >= 0.6 is 11.3 Å². The fraction of sp³-hybridized carbons (Fsp3) is 0.263. The van der Waals surface area contributed by atoms with Gasteiger partial charge in [-0.3, -0.25) is 4.79 Å². The van der Waals surface area contributed by atoms with Gasteiger partial charge in [0.05, 0.1) is 19.5 Å². The average molecular weight is 369 g/mol. The molecule has 1 amide bonds. The highest BCUT2D eigenvalue weighted by molar-refractivity contribution is 7.15. The number of benzene rings is 1. The second-order valence-corrected chi connectivity index (χ2v) is 7.20. The first-order chi connectivity index (χ1) is 12.7. The van der Waals surface area contributed by atoms with Crippen molar-refractivity contribution in [3.63, 3.8) is 0 Å². The molecule has 3 heterocycles. The zero-order valence-corrected chi connectivity index (χ0v) is 15.2. The maximum absolute atomic E-state index is 12.6. The Morgan fingerprint density at radius 2 is 1.96 bits per heavy atom. The molecule has 0 radical (unpaired) electrons. The van der Waals surface area contributed by atoms with E-state index in [0.717, 1.165) is 42.6 Å². The first-order valence-electron chi connectivity index (χ1n) is 8.46. The molecular formula is C19H19N3O3S. The van der Waals surface area contributed by atoms with Crippen LogP contribution in [-0.2, 0) is 4.74 Å². The molecule has 0 saturated carbocycles. The van der Waals surface area contributed by atoms with E-state index < -0.39 is 0 Å². The molecule has 0 aliphatic carbocycles. The van der Waals surface area contributed by atoms with Crippen LogP contribution in [0.3, 0.4) is 0 Å². The van der Waals surface area contributed by atoms with Crippen LogP contribution in [0, 0.1) is 6.92 Å². The van der Waals surface area contributed by atoms with Crippen molar-refractivity contribution in [2.45, 2.75) is 6.92 Å². The number of nitrogens with one attached hydrogen (secondary N) is 1. The van der Waals surface area contributed by atoms with E-state index in [2.05, 4.69) is 15.2 Å². The summed E-state index contributed by atoms with van der Waals surface area (Å²) >= 11 is 1.45. The van der Waals surface area contributed by atoms with Gasteiger partial charge in [-0.15, -0.1) is 11.3 Å². The van der Waals surface area contributed by atoms with E-state index in [4.69, 9.17) is 9.15 Å². The highest BCUT2D eigenvalue weighted by Gasteiger charge is 2.18. The van der Waals surface area contributed by atoms with Gasteiger partial charge in [0, 0.05) is 29.3 Å². The highest BCUT2D eigenvalue weighted by atomic mass is 32.1. The van der Waals surface area contributed by atoms with Gasteiger partial charge in [-0.1, -0.05) is 0 Å². The molecule has 0 atom stereocenters. The van der Waals surface area contributed by atoms with E-state index in [1.807, 2.05) is 43.3 Å². The van der Waals surface area contributed by atoms with Gasteiger partial charge >= 0.3 is 0 Å². The van der Waals surface area contributed by atoms with Crippen molar-refractivity contribution in [2.75, 3.05) is 36.5 Å². The van der Waals surface area contributed by atoms with E-state index in [9.17, 15) is 4.79 Å². The van der Waals surface area contributed by atoms with Crippen LogP contribution in [0.25, 0.3) is 10.8 Å². The lowest BCUT2D eigenvalue weighted by Crippen LogP contribution is -2.36. The molecule has 4 rings (SSSR count). The third kappa shape index (κ3) is 3.49. The Morgan fingerprint density at radius 1 is 1.19 bits per heavy atom. The fourth-order valence-electron chi connectivity index (χ4n) is 2.88. The lowest BCUT2D eigenvalue weighted by atomic mass is 10.2. The molecule has 1 fully saturated rings. The number of hydrogen-bond acceptors (Lipinski definition) is 6. The normalized spacial score (nSPS) is 14.4. The number of carbonyl (C=O) groups excluding carboxylic acids is 1. The third-order valence-corrected chi connectivity index (χ3v) is 5.23. The molecule has 26 heavy (non-hydrogen) atoms. The van der Waals surface area contributed by atoms with Gasteiger partial charge < -0.3 is 19.4 Å². The van der Waals surface area contributed by atoms with Crippen molar-refractivity contribution in [2.24, 2.45) is 0 Å². The number of nitrogens with zero attached hydrogens (tertiary/aromatic N) is 2. The van der Waals surface area contributed by atoms with Crippen LogP contribution in [0.1, 0.15) is 15.4 Å². The van der Waals surface area contributed by atoms with Crippen molar-refractivity contribution in [1.29, 1.82) is 0 Å². The van der Waals surface area contributed by atoms with Gasteiger partial charge in [0.1, 0.15) is 5.69 Å². The monoisotopic (exact) mass is 369 g/mol. The zero-order valence-electron chi connectivity index (χ0n) is 14.4. The Kier molecular flexibility index (Phi) is 4.73. The molecule has 6 nitrogen and oxygen atoms in total. The summed E-state index contributed by atoms with van der Waals surface area (Å²) in [4.78, 5) is 20.1. The molecule has 134 valence electrons. The zero-order chi connectivity index (χ0) is 17.9. The van der Waals surface area contributed by atoms with Crippen LogP contribution in [0.2, 0.25) is 0 Å². The highest BCUT2D eigenvalue weighted by Crippen LogP contribution is 2.28. The number of hydrogen-bond donors (Lipinski definition) is 1. The van der Waals surface area contributed by atoms with Crippen molar-refractivity contribution >= 4 is 28.6 Å². The molecule has 0 spiro atoms. The molecule has 1 aliphatic rings. The molecule has 2 aromatic heterocycles. The van der Waals surface area contributed by atoms with Crippen molar-refractivity contribution in [3.05, 3.63) is 53.2 Å². The van der Waals surface area contributed by atoms with Crippen LogP contribution in [0.15, 0.2) is 47.1 Å². The van der Waals surface area contributed by atoms with E-state index >= 15 is 0 Å². The quantitative estimate of drug-likeness (QED) is 0.758. The molecule has 1 aromatic carbocycles. The number of aryl methyl sites for hydroxylation is 1. The molecule has 1 N–H and O–H groups in total. The number of carbonyl (C=O) groups is 1. The Labute approximate surface area is 155 Å². The van der Waals surface area contributed by atoms with Crippen LogP contribution < -0.4 is 10.2 Å². The summed E-state index contributed by atoms with van der Waals surface area (Å²) in [6, 6.07) is 11.5. The number of furan rings is 1. The molecule has 3 aromatic rings. The fourth-order valence-corrected chi connectivity index (χ4v) is 3.76. The molecule has 0 unspecified atom stereocenters. The van der Waals surface area contributed by atoms with E-state index in [1.54, 1.807) is 6.26 Å². The minimum Gasteiger partial charge on any atom is -0.462 e. The standard InChI is InChI=1S/C19H19N3O3S/c1-13-17(21-19(26-13)16-3-2-10-25-16)18(23)20-14-4-6-15(7-5-14)22-8-11-24-12-9-22/h2-7,10H,8-9,11-12H2,1H3,(H,20,23). The summed E-state index contributed by atoms with van der Waals surface area (Å²) in [5.41, 5.74) is 2.31. The number of thiazole rings is 1. The lowest BCUT2D eigenvalue weighted by molar-refractivity contribution is 0.102. The van der Waals surface area contributed by atoms with Gasteiger partial charge in [-0.2, -0.15) is 0 Å². The summed E-state index contributed by atoms with van der Waals surface area (Å²) in [6.45, 7) is 5.16. The van der Waals surface area contributed by atoms with Crippen molar-refractivity contribution in [3.8, 4) is 10.8 Å². The van der Waals surface area contributed by atoms with Gasteiger partial charge in [-0.05, 0) is 43.3 Å². The Morgan fingerprint density at radius 3 is 2.65 bits per heavy atom. The minimum atomic E-state index is -0.212. The predicted octanol–water partition coefficient (Wildman–Crippen LogP) is 3.80. The summed E-state index contributed by atoms with van der Waals surface area (Å²) in [7, 11) is 0. The summed E-state index contributed by atoms with van der Waals surface area (Å²) in [5, 5.41) is 3.63. The average Bonchev–Trinajstić information content (AvgIpc) is 3.32. The maximum Gasteiger partial charge on any atom is 0.275 e. The number of anilines is 2. The van der Waals surface area contributed by atoms with Crippen LogP contribution in [0.4, 0.5) is 11.4 Å². The largest absolute Gasteiger partial charge is 0.462 e. The molecule has 7 heteroatoms. The van der Waals surface area contributed by atoms with Gasteiger partial charge in [0.2, 0.25) is 0 Å². The van der Waals surface area contributed by atoms with E-state index in [1.165, 1.54) is 11.3 Å². The summed E-state index contributed by atoms with van der Waals surface area (Å²) in [6.07, 6.45) is 1.60. The van der Waals surface area contributed by atoms with Gasteiger partial charge in [0.15, 0.2) is 10.8 Å². The van der Waals surface area contributed by atoms with Crippen molar-refractivity contribution < 1.29 is 13.9 Å². The summed E-state index contributed by atoms with van der Waals surface area (Å²) < 4.78 is 10.7. The predicted molar refractivity (Wildman–Crippen MR) is 102 cm³/mol. The van der Waals surface area contributed by atoms with Crippen molar-refractivity contribution in [1.82, 2.24) is 4.98 Å². The molecule has 0 bridgehead atoms.